The topological polar surface area (TPSA) is 94.2 Å². The SMILES string of the molecule is NC(N)=N/[NH+]=C/c1c(-c2ccccc2)[nH]c2ccccc12. The molecule has 1 heterocycles. The predicted octanol–water partition coefficient (Wildman–Crippen LogP) is 0.523. The van der Waals surface area contributed by atoms with Gasteiger partial charge in [-0.3, -0.25) is 0 Å². The van der Waals surface area contributed by atoms with Gasteiger partial charge in [-0.25, -0.2) is 0 Å². The number of hydrazone groups is 1. The zero-order valence-corrected chi connectivity index (χ0v) is 11.4. The maximum absolute atomic E-state index is 5.33. The summed E-state index contributed by atoms with van der Waals surface area (Å²) in [6.45, 7) is 0. The first-order valence-electron chi connectivity index (χ1n) is 6.59. The third-order valence-corrected chi connectivity index (χ3v) is 3.21. The quantitative estimate of drug-likeness (QED) is 0.319. The largest absolute Gasteiger partial charge is 0.365 e. The summed E-state index contributed by atoms with van der Waals surface area (Å²) in [6, 6.07) is 18.2. The van der Waals surface area contributed by atoms with Crippen molar-refractivity contribution in [1.29, 1.82) is 0 Å². The van der Waals surface area contributed by atoms with Crippen LogP contribution in [0.15, 0.2) is 59.7 Å². The number of nitrogens with zero attached hydrogens (tertiary/aromatic N) is 1. The molecule has 3 rings (SSSR count). The van der Waals surface area contributed by atoms with Crippen LogP contribution in [0.5, 0.6) is 0 Å². The molecule has 0 aliphatic heterocycles. The number of benzene rings is 2. The third-order valence-electron chi connectivity index (χ3n) is 3.21. The van der Waals surface area contributed by atoms with Crippen molar-refractivity contribution in [2.45, 2.75) is 0 Å². The Morgan fingerprint density at radius 2 is 1.71 bits per heavy atom. The summed E-state index contributed by atoms with van der Waals surface area (Å²) in [7, 11) is 0. The van der Waals surface area contributed by atoms with Gasteiger partial charge in [0.15, 0.2) is 0 Å². The second kappa shape index (κ2) is 5.50. The van der Waals surface area contributed by atoms with E-state index in [1.54, 1.807) is 6.21 Å². The number of para-hydroxylation sites is 1. The van der Waals surface area contributed by atoms with Crippen LogP contribution in [0.25, 0.3) is 22.2 Å². The highest BCUT2D eigenvalue weighted by Crippen LogP contribution is 2.28. The minimum Gasteiger partial charge on any atom is -0.365 e. The molecule has 0 amide bonds. The highest BCUT2D eigenvalue weighted by molar-refractivity contribution is 6.04. The van der Waals surface area contributed by atoms with E-state index in [4.69, 9.17) is 11.5 Å². The maximum Gasteiger partial charge on any atom is 0.256 e. The summed E-state index contributed by atoms with van der Waals surface area (Å²) >= 11 is 0. The van der Waals surface area contributed by atoms with Gasteiger partial charge in [0.25, 0.3) is 5.96 Å². The number of hydrogen-bond donors (Lipinski definition) is 4. The lowest BCUT2D eigenvalue weighted by Gasteiger charge is -1.98. The lowest BCUT2D eigenvalue weighted by Crippen LogP contribution is -2.63. The van der Waals surface area contributed by atoms with Gasteiger partial charge < -0.3 is 16.5 Å². The molecule has 0 saturated carbocycles. The van der Waals surface area contributed by atoms with E-state index < -0.39 is 0 Å². The van der Waals surface area contributed by atoms with Crippen molar-refractivity contribution >= 4 is 23.1 Å². The molecule has 0 spiro atoms. The number of rotatable bonds is 3. The Morgan fingerprint density at radius 3 is 2.48 bits per heavy atom. The Labute approximate surface area is 122 Å². The molecule has 0 bridgehead atoms. The highest BCUT2D eigenvalue weighted by atomic mass is 15.3. The zero-order chi connectivity index (χ0) is 14.7. The molecule has 0 aliphatic carbocycles. The van der Waals surface area contributed by atoms with Gasteiger partial charge in [0, 0.05) is 16.0 Å². The minimum atomic E-state index is -0.00708. The van der Waals surface area contributed by atoms with Crippen LogP contribution >= 0.6 is 0 Å². The summed E-state index contributed by atoms with van der Waals surface area (Å²) in [5.41, 5.74) is 14.9. The second-order valence-corrected chi connectivity index (χ2v) is 4.64. The summed E-state index contributed by atoms with van der Waals surface area (Å²) in [5, 5.41) is 7.68. The van der Waals surface area contributed by atoms with Gasteiger partial charge in [-0.05, 0) is 11.6 Å². The summed E-state index contributed by atoms with van der Waals surface area (Å²) in [5.74, 6) is -0.00708. The molecule has 0 fully saturated rings. The van der Waals surface area contributed by atoms with Gasteiger partial charge in [0.1, 0.15) is 0 Å². The standard InChI is InChI=1S/C16H15N5/c17-16(18)21-19-10-13-12-8-4-5-9-14(12)20-15(13)11-6-2-1-3-7-11/h1-10,20H,(H4,17,18,21)/p+1/b19-10+. The number of aromatic amines is 1. The molecule has 0 saturated heterocycles. The smallest absolute Gasteiger partial charge is 0.256 e. The Morgan fingerprint density at radius 1 is 1.00 bits per heavy atom. The Balaban J connectivity index is 2.19. The maximum atomic E-state index is 5.33. The molecule has 3 aromatic rings. The fourth-order valence-corrected chi connectivity index (χ4v) is 2.32. The molecule has 0 aliphatic rings. The highest BCUT2D eigenvalue weighted by Gasteiger charge is 2.13. The van der Waals surface area contributed by atoms with E-state index in [0.717, 1.165) is 27.7 Å². The monoisotopic (exact) mass is 278 g/mol. The average molecular weight is 278 g/mol. The molecule has 2 aromatic carbocycles. The molecular formula is C16H16N5+. The first-order chi connectivity index (χ1) is 10.3. The van der Waals surface area contributed by atoms with E-state index in [2.05, 4.69) is 33.4 Å². The van der Waals surface area contributed by atoms with Crippen LogP contribution in [-0.2, 0) is 0 Å². The molecule has 0 radical (unpaired) electrons. The van der Waals surface area contributed by atoms with Crippen molar-refractivity contribution in [1.82, 2.24) is 4.98 Å². The molecule has 5 heteroatoms. The number of nitrogens with two attached hydrogens (primary N) is 2. The van der Waals surface area contributed by atoms with E-state index in [0.29, 0.717) is 0 Å². The molecular weight excluding hydrogens is 262 g/mol. The van der Waals surface area contributed by atoms with Gasteiger partial charge in [0.05, 0.1) is 11.3 Å². The van der Waals surface area contributed by atoms with Crippen molar-refractivity contribution in [3.8, 4) is 11.3 Å². The molecule has 0 unspecified atom stereocenters. The first-order valence-corrected chi connectivity index (χ1v) is 6.59. The van der Waals surface area contributed by atoms with Gasteiger partial charge in [0.2, 0.25) is 6.21 Å². The van der Waals surface area contributed by atoms with Crippen molar-refractivity contribution in [2.24, 2.45) is 16.6 Å². The lowest BCUT2D eigenvalue weighted by atomic mass is 10.1. The minimum absolute atomic E-state index is 0.00708. The van der Waals surface area contributed by atoms with Crippen LogP contribution < -0.4 is 16.6 Å². The van der Waals surface area contributed by atoms with E-state index >= 15 is 0 Å². The van der Waals surface area contributed by atoms with Gasteiger partial charge in [-0.2, -0.15) is 0 Å². The van der Waals surface area contributed by atoms with Crippen molar-refractivity contribution < 1.29 is 5.10 Å². The van der Waals surface area contributed by atoms with Crippen LogP contribution in [0.4, 0.5) is 0 Å². The Bertz CT molecular complexity index is 811. The first kappa shape index (κ1) is 12.9. The van der Waals surface area contributed by atoms with Gasteiger partial charge in [-0.1, -0.05) is 48.5 Å². The van der Waals surface area contributed by atoms with Gasteiger partial charge >= 0.3 is 0 Å². The van der Waals surface area contributed by atoms with Crippen LogP contribution in [0.1, 0.15) is 5.56 Å². The van der Waals surface area contributed by atoms with E-state index in [9.17, 15) is 0 Å². The van der Waals surface area contributed by atoms with E-state index in [1.807, 2.05) is 36.4 Å². The number of nitrogens with one attached hydrogen (secondary N) is 2. The number of H-pyrrole nitrogens is 1. The molecule has 6 N–H and O–H groups in total. The fraction of sp³-hybridized carbons (Fsp3) is 0. The number of fused-ring (bicyclic) bond motifs is 1. The van der Waals surface area contributed by atoms with Crippen molar-refractivity contribution in [3.63, 3.8) is 0 Å². The number of hydrogen-bond acceptors (Lipinski definition) is 1. The third kappa shape index (κ3) is 2.62. The Kier molecular flexibility index (Phi) is 3.39. The normalized spacial score (nSPS) is 11.0. The van der Waals surface area contributed by atoms with Crippen LogP contribution in [-0.4, -0.2) is 17.2 Å². The average Bonchev–Trinajstić information content (AvgIpc) is 2.87. The van der Waals surface area contributed by atoms with Crippen LogP contribution in [0.3, 0.4) is 0 Å². The van der Waals surface area contributed by atoms with Crippen LogP contribution in [0, 0.1) is 0 Å². The molecule has 5 nitrogen and oxygen atoms in total. The van der Waals surface area contributed by atoms with Crippen molar-refractivity contribution in [2.75, 3.05) is 0 Å². The Hall–Kier alpha value is -3.08. The molecule has 0 atom stereocenters. The summed E-state index contributed by atoms with van der Waals surface area (Å²) in [4.78, 5) is 3.44. The molecule has 21 heavy (non-hydrogen) atoms. The molecule has 104 valence electrons. The zero-order valence-electron chi connectivity index (χ0n) is 11.4. The number of guanidine groups is 1. The summed E-state index contributed by atoms with van der Waals surface area (Å²) < 4.78 is 0. The van der Waals surface area contributed by atoms with Crippen molar-refractivity contribution in [3.05, 3.63) is 60.2 Å². The fourth-order valence-electron chi connectivity index (χ4n) is 2.32. The second-order valence-electron chi connectivity index (χ2n) is 4.64. The predicted molar refractivity (Wildman–Crippen MR) is 85.7 cm³/mol. The van der Waals surface area contributed by atoms with Gasteiger partial charge in [-0.15, -0.1) is 5.10 Å². The van der Waals surface area contributed by atoms with E-state index in [1.165, 1.54) is 0 Å². The van der Waals surface area contributed by atoms with E-state index in [-0.39, 0.29) is 5.96 Å². The summed E-state index contributed by atoms with van der Waals surface area (Å²) in [6.07, 6.45) is 1.79. The lowest BCUT2D eigenvalue weighted by molar-refractivity contribution is -0.456. The molecule has 1 aromatic heterocycles. The van der Waals surface area contributed by atoms with Crippen LogP contribution in [0.2, 0.25) is 0 Å². The number of aromatic nitrogens is 1.